The predicted molar refractivity (Wildman–Crippen MR) is 75.2 cm³/mol. The molecule has 1 saturated carbocycles. The van der Waals surface area contributed by atoms with Gasteiger partial charge in [-0.15, -0.1) is 0 Å². The summed E-state index contributed by atoms with van der Waals surface area (Å²) in [5.74, 6) is 1.18. The van der Waals surface area contributed by atoms with Gasteiger partial charge in [0.2, 0.25) is 0 Å². The first-order valence-corrected chi connectivity index (χ1v) is 7.31. The summed E-state index contributed by atoms with van der Waals surface area (Å²) in [7, 11) is 0. The highest BCUT2D eigenvalue weighted by atomic mass is 79.9. The molecule has 0 radical (unpaired) electrons. The Hall–Kier alpha value is -0.740. The lowest BCUT2D eigenvalue weighted by atomic mass is 9.79. The third-order valence-corrected chi connectivity index (χ3v) is 4.25. The van der Waals surface area contributed by atoms with Crippen LogP contribution in [0, 0.1) is 11.8 Å². The third kappa shape index (κ3) is 3.62. The van der Waals surface area contributed by atoms with E-state index >= 15 is 0 Å². The molecule has 1 aromatic rings. The number of hydrogen-bond acceptors (Lipinski definition) is 3. The number of pyridine rings is 1. The average molecular weight is 311 g/mol. The van der Waals surface area contributed by atoms with Gasteiger partial charge in [-0.05, 0) is 66.2 Å². The molecule has 0 unspecified atom stereocenters. The SMILES string of the molecule is NCC1CCC(C(=O)Cc2ccc(Br)cn2)CC1. The second-order valence-corrected chi connectivity index (χ2v) is 5.98. The van der Waals surface area contributed by atoms with E-state index in [2.05, 4.69) is 20.9 Å². The van der Waals surface area contributed by atoms with E-state index in [1.165, 1.54) is 0 Å². The maximum atomic E-state index is 12.2. The number of Topliss-reactive ketones (excluding diaryl/α,β-unsaturated/α-hetero) is 1. The van der Waals surface area contributed by atoms with Crippen molar-refractivity contribution >= 4 is 21.7 Å². The number of nitrogens with zero attached hydrogens (tertiary/aromatic N) is 1. The van der Waals surface area contributed by atoms with Crippen LogP contribution in [-0.2, 0) is 11.2 Å². The minimum atomic E-state index is 0.221. The molecule has 0 spiro atoms. The van der Waals surface area contributed by atoms with Gasteiger partial charge in [0.05, 0.1) is 0 Å². The number of carbonyl (C=O) groups is 1. The molecule has 98 valence electrons. The van der Waals surface area contributed by atoms with Crippen LogP contribution >= 0.6 is 15.9 Å². The second-order valence-electron chi connectivity index (χ2n) is 5.06. The predicted octanol–water partition coefficient (Wildman–Crippen LogP) is 2.72. The van der Waals surface area contributed by atoms with Gasteiger partial charge >= 0.3 is 0 Å². The Morgan fingerprint density at radius 3 is 2.61 bits per heavy atom. The van der Waals surface area contributed by atoms with E-state index in [0.29, 0.717) is 18.1 Å². The van der Waals surface area contributed by atoms with Gasteiger partial charge in [-0.3, -0.25) is 9.78 Å². The smallest absolute Gasteiger partial charge is 0.141 e. The summed E-state index contributed by atoms with van der Waals surface area (Å²) in [6, 6.07) is 3.84. The van der Waals surface area contributed by atoms with Crippen molar-refractivity contribution in [2.45, 2.75) is 32.1 Å². The average Bonchev–Trinajstić information content (AvgIpc) is 2.41. The van der Waals surface area contributed by atoms with Crippen LogP contribution in [0.2, 0.25) is 0 Å². The van der Waals surface area contributed by atoms with Gasteiger partial charge in [0, 0.05) is 28.7 Å². The van der Waals surface area contributed by atoms with Crippen molar-refractivity contribution in [2.24, 2.45) is 17.6 Å². The summed E-state index contributed by atoms with van der Waals surface area (Å²) in [6.45, 7) is 0.759. The molecule has 0 atom stereocenters. The summed E-state index contributed by atoms with van der Waals surface area (Å²) >= 11 is 3.34. The summed E-state index contributed by atoms with van der Waals surface area (Å²) < 4.78 is 0.946. The maximum absolute atomic E-state index is 12.2. The van der Waals surface area contributed by atoms with Gasteiger partial charge in [-0.2, -0.15) is 0 Å². The molecule has 0 aromatic carbocycles. The second kappa shape index (κ2) is 6.43. The minimum absolute atomic E-state index is 0.221. The molecule has 3 nitrogen and oxygen atoms in total. The largest absolute Gasteiger partial charge is 0.330 e. The van der Waals surface area contributed by atoms with E-state index in [9.17, 15) is 4.79 Å². The quantitative estimate of drug-likeness (QED) is 0.930. The molecule has 0 aliphatic heterocycles. The number of rotatable bonds is 4. The van der Waals surface area contributed by atoms with Crippen molar-refractivity contribution < 1.29 is 4.79 Å². The Balaban J connectivity index is 1.87. The standard InChI is InChI=1S/C14H19BrN2O/c15-12-5-6-13(17-9-12)7-14(18)11-3-1-10(8-16)2-4-11/h5-6,9-11H,1-4,7-8,16H2. The molecule has 1 aliphatic rings. The first-order valence-electron chi connectivity index (χ1n) is 6.52. The van der Waals surface area contributed by atoms with Gasteiger partial charge in [0.15, 0.2) is 0 Å². The highest BCUT2D eigenvalue weighted by Crippen LogP contribution is 2.29. The molecule has 4 heteroatoms. The van der Waals surface area contributed by atoms with Crippen LogP contribution in [0.4, 0.5) is 0 Å². The Labute approximate surface area is 116 Å². The summed E-state index contributed by atoms with van der Waals surface area (Å²) in [6.07, 6.45) is 6.40. The molecule has 1 fully saturated rings. The zero-order valence-electron chi connectivity index (χ0n) is 10.4. The molecule has 0 amide bonds. The maximum Gasteiger partial charge on any atom is 0.141 e. The third-order valence-electron chi connectivity index (χ3n) is 3.78. The molecular formula is C14H19BrN2O. The fraction of sp³-hybridized carbons (Fsp3) is 0.571. The zero-order chi connectivity index (χ0) is 13.0. The van der Waals surface area contributed by atoms with Crippen molar-refractivity contribution in [3.05, 3.63) is 28.5 Å². The fourth-order valence-corrected chi connectivity index (χ4v) is 2.79. The molecule has 0 bridgehead atoms. The first kappa shape index (κ1) is 13.7. The van der Waals surface area contributed by atoms with Crippen molar-refractivity contribution in [3.63, 3.8) is 0 Å². The van der Waals surface area contributed by atoms with Gasteiger partial charge in [-0.25, -0.2) is 0 Å². The van der Waals surface area contributed by atoms with Crippen LogP contribution in [0.15, 0.2) is 22.8 Å². The molecule has 18 heavy (non-hydrogen) atoms. The van der Waals surface area contributed by atoms with Crippen LogP contribution in [0.1, 0.15) is 31.4 Å². The molecule has 2 rings (SSSR count). The molecule has 2 N–H and O–H groups in total. The summed E-state index contributed by atoms with van der Waals surface area (Å²) in [4.78, 5) is 16.4. The van der Waals surface area contributed by atoms with Crippen LogP contribution in [0.25, 0.3) is 0 Å². The lowest BCUT2D eigenvalue weighted by Gasteiger charge is -2.26. The summed E-state index contributed by atoms with van der Waals surface area (Å²) in [5, 5.41) is 0. The van der Waals surface area contributed by atoms with E-state index in [1.807, 2.05) is 12.1 Å². The minimum Gasteiger partial charge on any atom is -0.330 e. The van der Waals surface area contributed by atoms with Gasteiger partial charge in [0.25, 0.3) is 0 Å². The molecule has 0 saturated heterocycles. The van der Waals surface area contributed by atoms with Gasteiger partial charge in [0.1, 0.15) is 5.78 Å². The number of nitrogens with two attached hydrogens (primary N) is 1. The van der Waals surface area contributed by atoms with Crippen LogP contribution in [-0.4, -0.2) is 17.3 Å². The molecule has 1 aliphatic carbocycles. The normalized spacial score (nSPS) is 23.9. The van der Waals surface area contributed by atoms with Crippen molar-refractivity contribution in [1.82, 2.24) is 4.98 Å². The molecular weight excluding hydrogens is 292 g/mol. The van der Waals surface area contributed by atoms with Crippen LogP contribution in [0.3, 0.4) is 0 Å². The lowest BCUT2D eigenvalue weighted by molar-refractivity contribution is -0.123. The zero-order valence-corrected chi connectivity index (χ0v) is 12.0. The Morgan fingerprint density at radius 2 is 2.06 bits per heavy atom. The number of halogens is 1. The Kier molecular flexibility index (Phi) is 4.89. The van der Waals surface area contributed by atoms with E-state index in [1.54, 1.807) is 6.20 Å². The van der Waals surface area contributed by atoms with Crippen molar-refractivity contribution in [1.29, 1.82) is 0 Å². The van der Waals surface area contributed by atoms with E-state index < -0.39 is 0 Å². The Bertz CT molecular complexity index is 397. The van der Waals surface area contributed by atoms with Crippen molar-refractivity contribution in [2.75, 3.05) is 6.54 Å². The van der Waals surface area contributed by atoms with E-state index in [0.717, 1.165) is 42.4 Å². The highest BCUT2D eigenvalue weighted by Gasteiger charge is 2.25. The van der Waals surface area contributed by atoms with E-state index in [4.69, 9.17) is 5.73 Å². The Morgan fingerprint density at radius 1 is 1.33 bits per heavy atom. The molecule has 1 heterocycles. The fourth-order valence-electron chi connectivity index (χ4n) is 2.55. The topological polar surface area (TPSA) is 56.0 Å². The number of ketones is 1. The first-order chi connectivity index (χ1) is 8.69. The lowest BCUT2D eigenvalue weighted by Crippen LogP contribution is -2.26. The van der Waals surface area contributed by atoms with Crippen molar-refractivity contribution in [3.8, 4) is 0 Å². The molecule has 1 aromatic heterocycles. The van der Waals surface area contributed by atoms with E-state index in [-0.39, 0.29) is 5.92 Å². The van der Waals surface area contributed by atoms with Crippen LogP contribution in [0.5, 0.6) is 0 Å². The summed E-state index contributed by atoms with van der Waals surface area (Å²) in [5.41, 5.74) is 6.53. The monoisotopic (exact) mass is 310 g/mol. The number of aromatic nitrogens is 1. The van der Waals surface area contributed by atoms with Gasteiger partial charge < -0.3 is 5.73 Å². The number of hydrogen-bond donors (Lipinski definition) is 1. The van der Waals surface area contributed by atoms with Gasteiger partial charge in [-0.1, -0.05) is 0 Å². The highest BCUT2D eigenvalue weighted by molar-refractivity contribution is 9.10. The number of carbonyl (C=O) groups excluding carboxylic acids is 1. The van der Waals surface area contributed by atoms with Crippen LogP contribution < -0.4 is 5.73 Å².